The van der Waals surface area contributed by atoms with Gasteiger partial charge in [-0.3, -0.25) is 9.59 Å². The molecule has 0 spiro atoms. The molecule has 4 N–H and O–H groups in total. The van der Waals surface area contributed by atoms with Crippen LogP contribution in [-0.4, -0.2) is 33.3 Å². The first-order valence-corrected chi connectivity index (χ1v) is 13.3. The van der Waals surface area contributed by atoms with Gasteiger partial charge in [0.05, 0.1) is 16.3 Å². The summed E-state index contributed by atoms with van der Waals surface area (Å²) in [6.45, 7) is 1.56. The molecule has 3 aromatic rings. The number of nitrogens with zero attached hydrogens (tertiary/aromatic N) is 1. The van der Waals surface area contributed by atoms with E-state index in [1.54, 1.807) is 0 Å². The van der Waals surface area contributed by atoms with Crippen LogP contribution >= 0.6 is 11.3 Å². The Morgan fingerprint density at radius 2 is 1.71 bits per heavy atom. The molecular formula is C24H26N4O4S2. The zero-order valence-electron chi connectivity index (χ0n) is 18.4. The topological polar surface area (TPSA) is 122 Å². The van der Waals surface area contributed by atoms with E-state index >= 15 is 0 Å². The summed E-state index contributed by atoms with van der Waals surface area (Å²) in [6.07, 6.45) is 1.35. The monoisotopic (exact) mass is 498 g/mol. The van der Waals surface area contributed by atoms with E-state index in [2.05, 4.69) is 14.9 Å². The maximum Gasteiger partial charge on any atom is 0.255 e. The lowest BCUT2D eigenvalue weighted by Gasteiger charge is -2.33. The van der Waals surface area contributed by atoms with Crippen LogP contribution in [0, 0.1) is 5.92 Å². The largest absolute Gasteiger partial charge is 0.370 e. The summed E-state index contributed by atoms with van der Waals surface area (Å²) in [5.74, 6) is -0.726. The number of carbonyl (C=O) groups excluding carboxylic acids is 2. The van der Waals surface area contributed by atoms with Gasteiger partial charge < -0.3 is 16.0 Å². The van der Waals surface area contributed by atoms with Crippen LogP contribution in [0.15, 0.2) is 70.9 Å². The van der Waals surface area contributed by atoms with Crippen LogP contribution in [0.1, 0.15) is 28.1 Å². The standard InChI is InChI=1S/C24H26N4O4S2/c25-23(29)17-11-13-28(14-12-17)22-6-2-1-5-21(22)27-24(30)18-7-9-20(10-8-18)34(31,32)26-16-19-4-3-15-33-19/h1-10,15,17,26H,11-14,16H2,(H2,25,29)(H,27,30). The summed E-state index contributed by atoms with van der Waals surface area (Å²) in [6, 6.07) is 17.0. The lowest BCUT2D eigenvalue weighted by atomic mass is 9.96. The molecule has 10 heteroatoms. The van der Waals surface area contributed by atoms with Gasteiger partial charge in [-0.15, -0.1) is 11.3 Å². The van der Waals surface area contributed by atoms with Crippen LogP contribution in [-0.2, 0) is 21.4 Å². The minimum atomic E-state index is -3.68. The Hall–Kier alpha value is -3.21. The van der Waals surface area contributed by atoms with Crippen LogP contribution in [0.25, 0.3) is 0 Å². The molecule has 0 atom stereocenters. The van der Waals surface area contributed by atoms with Crippen LogP contribution in [0.5, 0.6) is 0 Å². The third-order valence-corrected chi connectivity index (χ3v) is 8.13. The summed E-state index contributed by atoms with van der Waals surface area (Å²) < 4.78 is 27.7. The molecular weight excluding hydrogens is 472 g/mol. The number of primary amides is 1. The molecule has 1 fully saturated rings. The Balaban J connectivity index is 1.42. The first-order chi connectivity index (χ1) is 16.3. The highest BCUT2D eigenvalue weighted by Gasteiger charge is 2.25. The van der Waals surface area contributed by atoms with E-state index in [0.29, 0.717) is 37.2 Å². The number of nitrogens with one attached hydrogen (secondary N) is 2. The number of benzene rings is 2. The molecule has 178 valence electrons. The molecule has 8 nitrogen and oxygen atoms in total. The van der Waals surface area contributed by atoms with Gasteiger partial charge in [-0.1, -0.05) is 18.2 Å². The smallest absolute Gasteiger partial charge is 0.255 e. The summed E-state index contributed by atoms with van der Waals surface area (Å²) in [5.41, 5.74) is 7.30. The van der Waals surface area contributed by atoms with E-state index in [-0.39, 0.29) is 29.2 Å². The van der Waals surface area contributed by atoms with Crippen molar-refractivity contribution in [2.75, 3.05) is 23.3 Å². The average molecular weight is 499 g/mol. The molecule has 2 amide bonds. The molecule has 0 unspecified atom stereocenters. The number of thiophene rings is 1. The number of para-hydroxylation sites is 2. The van der Waals surface area contributed by atoms with Crippen molar-refractivity contribution in [3.8, 4) is 0 Å². The van der Waals surface area contributed by atoms with E-state index in [0.717, 1.165) is 10.6 Å². The second kappa shape index (κ2) is 10.4. The number of nitrogens with two attached hydrogens (primary N) is 1. The fourth-order valence-corrected chi connectivity index (χ4v) is 5.65. The van der Waals surface area contributed by atoms with Crippen LogP contribution in [0.2, 0.25) is 0 Å². The van der Waals surface area contributed by atoms with Gasteiger partial charge in [-0.2, -0.15) is 0 Å². The fourth-order valence-electron chi connectivity index (χ4n) is 3.90. The number of anilines is 2. The van der Waals surface area contributed by atoms with E-state index in [1.807, 2.05) is 41.8 Å². The maximum atomic E-state index is 12.9. The minimum absolute atomic E-state index is 0.0957. The second-order valence-corrected chi connectivity index (χ2v) is 10.9. The fraction of sp³-hybridized carbons (Fsp3) is 0.250. The Morgan fingerprint density at radius 3 is 2.35 bits per heavy atom. The van der Waals surface area contributed by atoms with Crippen LogP contribution in [0.3, 0.4) is 0 Å². The van der Waals surface area contributed by atoms with Crippen molar-refractivity contribution >= 4 is 44.5 Å². The molecule has 0 radical (unpaired) electrons. The van der Waals surface area contributed by atoms with Gasteiger partial charge in [-0.25, -0.2) is 13.1 Å². The first kappa shape index (κ1) is 23.9. The molecule has 34 heavy (non-hydrogen) atoms. The zero-order valence-corrected chi connectivity index (χ0v) is 20.1. The third-order valence-electron chi connectivity index (χ3n) is 5.83. The minimum Gasteiger partial charge on any atom is -0.370 e. The Morgan fingerprint density at radius 1 is 1.00 bits per heavy atom. The van der Waals surface area contributed by atoms with Crippen molar-refractivity contribution in [1.29, 1.82) is 0 Å². The predicted molar refractivity (Wildman–Crippen MR) is 133 cm³/mol. The molecule has 2 heterocycles. The molecule has 0 saturated carbocycles. The van der Waals surface area contributed by atoms with Gasteiger partial charge in [-0.05, 0) is 60.7 Å². The molecule has 0 bridgehead atoms. The summed E-state index contributed by atoms with van der Waals surface area (Å²) in [4.78, 5) is 27.5. The van der Waals surface area contributed by atoms with Gasteiger partial charge >= 0.3 is 0 Å². The Labute approximate surface area is 202 Å². The normalized spacial score (nSPS) is 14.6. The van der Waals surface area contributed by atoms with E-state index in [1.165, 1.54) is 35.6 Å². The van der Waals surface area contributed by atoms with Crippen molar-refractivity contribution in [3.05, 3.63) is 76.5 Å². The van der Waals surface area contributed by atoms with E-state index in [4.69, 9.17) is 5.73 Å². The third kappa shape index (κ3) is 5.64. The number of piperidine rings is 1. The number of amides is 2. The number of sulfonamides is 1. The molecule has 1 saturated heterocycles. The van der Waals surface area contributed by atoms with Crippen molar-refractivity contribution in [3.63, 3.8) is 0 Å². The first-order valence-electron chi connectivity index (χ1n) is 10.9. The highest BCUT2D eigenvalue weighted by Crippen LogP contribution is 2.30. The van der Waals surface area contributed by atoms with Gasteiger partial charge in [0.2, 0.25) is 15.9 Å². The SMILES string of the molecule is NC(=O)C1CCN(c2ccccc2NC(=O)c2ccc(S(=O)(=O)NCc3cccs3)cc2)CC1. The van der Waals surface area contributed by atoms with Gasteiger partial charge in [0.1, 0.15) is 0 Å². The second-order valence-electron chi connectivity index (χ2n) is 8.06. The van der Waals surface area contributed by atoms with Crippen molar-refractivity contribution in [2.24, 2.45) is 11.7 Å². The van der Waals surface area contributed by atoms with Crippen molar-refractivity contribution in [1.82, 2.24) is 4.72 Å². The zero-order chi connectivity index (χ0) is 24.1. The number of carbonyl (C=O) groups is 2. The Kier molecular flexibility index (Phi) is 7.30. The number of hydrogen-bond donors (Lipinski definition) is 3. The lowest BCUT2D eigenvalue weighted by molar-refractivity contribution is -0.122. The maximum absolute atomic E-state index is 12.9. The number of rotatable bonds is 8. The molecule has 1 aliphatic rings. The van der Waals surface area contributed by atoms with E-state index < -0.39 is 10.0 Å². The quantitative estimate of drug-likeness (QED) is 0.440. The summed E-state index contributed by atoms with van der Waals surface area (Å²) in [5, 5.41) is 4.81. The van der Waals surface area contributed by atoms with Crippen molar-refractivity contribution in [2.45, 2.75) is 24.3 Å². The highest BCUT2D eigenvalue weighted by atomic mass is 32.2. The summed E-state index contributed by atoms with van der Waals surface area (Å²) >= 11 is 1.47. The van der Waals surface area contributed by atoms with Crippen molar-refractivity contribution < 1.29 is 18.0 Å². The van der Waals surface area contributed by atoms with E-state index in [9.17, 15) is 18.0 Å². The molecule has 4 rings (SSSR count). The van der Waals surface area contributed by atoms with Crippen LogP contribution < -0.4 is 20.7 Å². The van der Waals surface area contributed by atoms with Gasteiger partial charge in [0.25, 0.3) is 5.91 Å². The predicted octanol–water partition coefficient (Wildman–Crippen LogP) is 3.18. The average Bonchev–Trinajstić information content (AvgIpc) is 3.37. The highest BCUT2D eigenvalue weighted by molar-refractivity contribution is 7.89. The Bertz CT molecular complexity index is 1250. The van der Waals surface area contributed by atoms with Gasteiger partial charge in [0.15, 0.2) is 0 Å². The molecule has 1 aliphatic heterocycles. The lowest BCUT2D eigenvalue weighted by Crippen LogP contribution is -2.38. The van der Waals surface area contributed by atoms with Crippen LogP contribution in [0.4, 0.5) is 11.4 Å². The van der Waals surface area contributed by atoms with Gasteiger partial charge in [0, 0.05) is 36.0 Å². The molecule has 1 aromatic heterocycles. The molecule has 2 aromatic carbocycles. The number of hydrogen-bond acceptors (Lipinski definition) is 6. The summed E-state index contributed by atoms with van der Waals surface area (Å²) in [7, 11) is -3.68. The molecule has 0 aliphatic carbocycles.